The van der Waals surface area contributed by atoms with Gasteiger partial charge in [-0.1, -0.05) is 27.5 Å². The Morgan fingerprint density at radius 1 is 1.30 bits per heavy atom. The lowest BCUT2D eigenvalue weighted by Crippen LogP contribution is -2.15. The molecule has 6 heteroatoms. The number of hydrogen-bond acceptors (Lipinski definition) is 3. The summed E-state index contributed by atoms with van der Waals surface area (Å²) in [6.07, 6.45) is 0. The number of nitrogens with zero attached hydrogens (tertiary/aromatic N) is 1. The van der Waals surface area contributed by atoms with Crippen molar-refractivity contribution in [1.29, 1.82) is 0 Å². The fourth-order valence-corrected chi connectivity index (χ4v) is 2.34. The highest BCUT2D eigenvalue weighted by Crippen LogP contribution is 2.34. The maximum Gasteiger partial charge on any atom is 0.254 e. The molecule has 1 aromatic carbocycles. The molecular formula is C14H12BrClN2O2. The minimum absolute atomic E-state index is 0.256. The minimum atomic E-state index is -0.587. The van der Waals surface area contributed by atoms with Crippen LogP contribution >= 0.6 is 27.5 Å². The summed E-state index contributed by atoms with van der Waals surface area (Å²) in [6.45, 7) is 3.52. The Balaban J connectivity index is 2.53. The normalized spacial score (nSPS) is 10.4. The fraction of sp³-hybridized carbons (Fsp3) is 0.143. The minimum Gasteiger partial charge on any atom is -0.455 e. The second-order valence-electron chi connectivity index (χ2n) is 4.26. The highest BCUT2D eigenvalue weighted by molar-refractivity contribution is 9.10. The summed E-state index contributed by atoms with van der Waals surface area (Å²) >= 11 is 9.42. The molecule has 0 radical (unpaired) electrons. The molecule has 20 heavy (non-hydrogen) atoms. The second-order valence-corrected chi connectivity index (χ2v) is 5.59. The SMILES string of the molecule is Cc1cc(Oc2cc(Br)ccc2Cl)c(C(N)=O)c(C)n1. The lowest BCUT2D eigenvalue weighted by atomic mass is 10.1. The number of ether oxygens (including phenoxy) is 1. The van der Waals surface area contributed by atoms with Gasteiger partial charge in [0.05, 0.1) is 10.7 Å². The average Bonchev–Trinajstić information content (AvgIpc) is 2.32. The highest BCUT2D eigenvalue weighted by atomic mass is 79.9. The van der Waals surface area contributed by atoms with Crippen LogP contribution in [0.3, 0.4) is 0 Å². The first-order valence-corrected chi connectivity index (χ1v) is 6.96. The van der Waals surface area contributed by atoms with Crippen LogP contribution in [0.15, 0.2) is 28.7 Å². The molecule has 2 N–H and O–H groups in total. The van der Waals surface area contributed by atoms with Crippen molar-refractivity contribution in [3.63, 3.8) is 0 Å². The first kappa shape index (κ1) is 14.8. The predicted molar refractivity (Wildman–Crippen MR) is 81.5 cm³/mol. The number of primary amides is 1. The molecule has 0 aliphatic heterocycles. The summed E-state index contributed by atoms with van der Waals surface area (Å²) in [5.41, 5.74) is 6.90. The summed E-state index contributed by atoms with van der Waals surface area (Å²) < 4.78 is 6.56. The predicted octanol–water partition coefficient (Wildman–Crippen LogP) is 4.01. The van der Waals surface area contributed by atoms with E-state index in [1.807, 2.05) is 6.92 Å². The largest absolute Gasteiger partial charge is 0.455 e. The van der Waals surface area contributed by atoms with Crippen LogP contribution in [0.2, 0.25) is 5.02 Å². The van der Waals surface area contributed by atoms with E-state index >= 15 is 0 Å². The lowest BCUT2D eigenvalue weighted by Gasteiger charge is -2.13. The number of rotatable bonds is 3. The summed E-state index contributed by atoms with van der Waals surface area (Å²) in [7, 11) is 0. The Labute approximate surface area is 130 Å². The summed E-state index contributed by atoms with van der Waals surface area (Å²) in [4.78, 5) is 15.8. The van der Waals surface area contributed by atoms with Gasteiger partial charge < -0.3 is 10.5 Å². The number of aryl methyl sites for hydroxylation is 2. The van der Waals surface area contributed by atoms with E-state index in [1.165, 1.54) is 0 Å². The first-order valence-electron chi connectivity index (χ1n) is 5.79. The van der Waals surface area contributed by atoms with Gasteiger partial charge in [0.15, 0.2) is 0 Å². The quantitative estimate of drug-likeness (QED) is 0.905. The van der Waals surface area contributed by atoms with E-state index in [9.17, 15) is 4.79 Å². The van der Waals surface area contributed by atoms with Crippen LogP contribution in [0.4, 0.5) is 0 Å². The van der Waals surface area contributed by atoms with Gasteiger partial charge in [-0.05, 0) is 32.0 Å². The lowest BCUT2D eigenvalue weighted by molar-refractivity contribution is 0.0997. The van der Waals surface area contributed by atoms with Gasteiger partial charge in [-0.25, -0.2) is 0 Å². The standard InChI is InChI=1S/C14H12BrClN2O2/c1-7-5-12(13(14(17)19)8(2)18-7)20-11-6-9(15)3-4-10(11)16/h3-6H,1-2H3,(H2,17,19). The molecule has 0 aliphatic carbocycles. The summed E-state index contributed by atoms with van der Waals surface area (Å²) in [5, 5.41) is 0.440. The Kier molecular flexibility index (Phi) is 4.30. The Morgan fingerprint density at radius 2 is 2.00 bits per heavy atom. The molecule has 0 aliphatic rings. The van der Waals surface area contributed by atoms with E-state index < -0.39 is 5.91 Å². The number of carbonyl (C=O) groups is 1. The molecule has 0 spiro atoms. The van der Waals surface area contributed by atoms with Crippen molar-refractivity contribution in [3.05, 3.63) is 50.7 Å². The van der Waals surface area contributed by atoms with Gasteiger partial charge >= 0.3 is 0 Å². The number of pyridine rings is 1. The monoisotopic (exact) mass is 354 g/mol. The molecule has 0 bridgehead atoms. The van der Waals surface area contributed by atoms with E-state index in [1.54, 1.807) is 31.2 Å². The zero-order chi connectivity index (χ0) is 14.9. The van der Waals surface area contributed by atoms with E-state index in [0.717, 1.165) is 10.2 Å². The maximum atomic E-state index is 11.6. The Bertz CT molecular complexity index is 689. The third-order valence-corrected chi connectivity index (χ3v) is 3.46. The van der Waals surface area contributed by atoms with Gasteiger partial charge in [-0.2, -0.15) is 0 Å². The zero-order valence-electron chi connectivity index (χ0n) is 10.9. The molecule has 0 fully saturated rings. The van der Waals surface area contributed by atoms with Crippen molar-refractivity contribution in [2.45, 2.75) is 13.8 Å². The molecule has 2 aromatic rings. The van der Waals surface area contributed by atoms with Crippen molar-refractivity contribution in [2.75, 3.05) is 0 Å². The molecule has 0 atom stereocenters. The van der Waals surface area contributed by atoms with Crippen molar-refractivity contribution < 1.29 is 9.53 Å². The molecule has 4 nitrogen and oxygen atoms in total. The second kappa shape index (κ2) is 5.81. The Morgan fingerprint density at radius 3 is 2.65 bits per heavy atom. The molecule has 1 aromatic heterocycles. The van der Waals surface area contributed by atoms with Gasteiger partial charge in [-0.3, -0.25) is 9.78 Å². The number of carbonyl (C=O) groups excluding carboxylic acids is 1. The smallest absolute Gasteiger partial charge is 0.254 e. The average molecular weight is 356 g/mol. The first-order chi connectivity index (χ1) is 9.38. The number of benzene rings is 1. The number of nitrogens with two attached hydrogens (primary N) is 1. The van der Waals surface area contributed by atoms with Crippen LogP contribution < -0.4 is 10.5 Å². The third-order valence-electron chi connectivity index (χ3n) is 2.65. The molecular weight excluding hydrogens is 344 g/mol. The van der Waals surface area contributed by atoms with Crippen molar-refractivity contribution in [2.24, 2.45) is 5.73 Å². The molecule has 1 amide bonds. The van der Waals surface area contributed by atoms with Gasteiger partial charge in [0.25, 0.3) is 5.91 Å². The van der Waals surface area contributed by atoms with Crippen molar-refractivity contribution in [1.82, 2.24) is 4.98 Å². The third kappa shape index (κ3) is 3.11. The van der Waals surface area contributed by atoms with Crippen LogP contribution in [0.1, 0.15) is 21.7 Å². The highest BCUT2D eigenvalue weighted by Gasteiger charge is 2.16. The van der Waals surface area contributed by atoms with Gasteiger partial charge in [0.2, 0.25) is 0 Å². The number of aromatic nitrogens is 1. The summed E-state index contributed by atoms with van der Waals surface area (Å²) in [6, 6.07) is 6.88. The van der Waals surface area contributed by atoms with Crippen LogP contribution in [-0.4, -0.2) is 10.9 Å². The van der Waals surface area contributed by atoms with Gasteiger partial charge in [-0.15, -0.1) is 0 Å². The zero-order valence-corrected chi connectivity index (χ0v) is 13.2. The van der Waals surface area contributed by atoms with E-state index in [-0.39, 0.29) is 5.56 Å². The number of hydrogen-bond donors (Lipinski definition) is 1. The molecule has 2 rings (SSSR count). The van der Waals surface area contributed by atoms with Crippen LogP contribution in [0.5, 0.6) is 11.5 Å². The van der Waals surface area contributed by atoms with Crippen LogP contribution in [0, 0.1) is 13.8 Å². The maximum absolute atomic E-state index is 11.6. The Hall–Kier alpha value is -1.59. The molecule has 0 saturated carbocycles. The van der Waals surface area contributed by atoms with Gasteiger partial charge in [0, 0.05) is 16.2 Å². The topological polar surface area (TPSA) is 65.2 Å². The summed E-state index contributed by atoms with van der Waals surface area (Å²) in [5.74, 6) is 0.201. The van der Waals surface area contributed by atoms with Crippen molar-refractivity contribution in [3.8, 4) is 11.5 Å². The molecule has 1 heterocycles. The van der Waals surface area contributed by atoms with Crippen molar-refractivity contribution >= 4 is 33.4 Å². The number of amides is 1. The molecule has 0 unspecified atom stereocenters. The number of halogens is 2. The molecule has 0 saturated heterocycles. The van der Waals surface area contributed by atoms with E-state index in [4.69, 9.17) is 22.1 Å². The van der Waals surface area contributed by atoms with Crippen LogP contribution in [0.25, 0.3) is 0 Å². The van der Waals surface area contributed by atoms with Crippen LogP contribution in [-0.2, 0) is 0 Å². The van der Waals surface area contributed by atoms with Gasteiger partial charge in [0.1, 0.15) is 17.1 Å². The fourth-order valence-electron chi connectivity index (χ4n) is 1.85. The molecule has 104 valence electrons. The van der Waals surface area contributed by atoms with E-state index in [0.29, 0.717) is 22.2 Å². The van der Waals surface area contributed by atoms with E-state index in [2.05, 4.69) is 20.9 Å².